The van der Waals surface area contributed by atoms with E-state index in [1.807, 2.05) is 5.27 Å². The van der Waals surface area contributed by atoms with E-state index in [2.05, 4.69) is 4.52 Å². The monoisotopic (exact) mass is 292 g/mol. The third-order valence-corrected chi connectivity index (χ3v) is 2.21. The van der Waals surface area contributed by atoms with E-state index in [-0.39, 0.29) is 6.07 Å². The number of amides is 1. The van der Waals surface area contributed by atoms with Gasteiger partial charge in [0.15, 0.2) is 23.3 Å². The lowest BCUT2D eigenvalue weighted by Crippen LogP contribution is -2.42. The van der Waals surface area contributed by atoms with Gasteiger partial charge in [-0.05, 0) is 5.27 Å². The lowest BCUT2D eigenvalue weighted by Gasteiger charge is -2.06. The maximum absolute atomic E-state index is 13.3. The number of carbonyl (C=O) groups excluding carboxylic acids is 1. The molecule has 2 rings (SSSR count). The Hall–Kier alpha value is -2.65. The van der Waals surface area contributed by atoms with Gasteiger partial charge in [-0.1, -0.05) is 4.68 Å². The largest absolute Gasteiger partial charge is 0.426 e. The fraction of sp³-hybridized carbons (Fsp3) is 0.100. The smallest absolute Gasteiger partial charge is 0.315 e. The molecule has 0 bridgehead atoms. The van der Waals surface area contributed by atoms with Gasteiger partial charge >= 0.3 is 5.63 Å². The van der Waals surface area contributed by atoms with E-state index >= 15 is 0 Å². The first kappa shape index (κ1) is 13.8. The SMILES string of the molecule is O=C(C[n+]1cc(=O)o[nH]1)Nc1c(F)c(F)cc(F)c1F. The van der Waals surface area contributed by atoms with Crippen molar-refractivity contribution in [1.29, 1.82) is 0 Å². The molecule has 0 fully saturated rings. The number of H-pyrrole nitrogens is 1. The molecule has 0 aliphatic carbocycles. The number of nitrogens with one attached hydrogen (secondary N) is 2. The Morgan fingerprint density at radius 3 is 2.35 bits per heavy atom. The van der Waals surface area contributed by atoms with Crippen LogP contribution in [0.3, 0.4) is 0 Å². The highest BCUT2D eigenvalue weighted by Crippen LogP contribution is 2.23. The van der Waals surface area contributed by atoms with Crippen molar-refractivity contribution in [2.24, 2.45) is 0 Å². The zero-order valence-electron chi connectivity index (χ0n) is 9.55. The predicted molar refractivity (Wildman–Crippen MR) is 54.4 cm³/mol. The molecular weight excluding hydrogens is 286 g/mol. The van der Waals surface area contributed by atoms with Crippen molar-refractivity contribution in [3.63, 3.8) is 0 Å². The Balaban J connectivity index is 2.22. The van der Waals surface area contributed by atoms with Crippen molar-refractivity contribution < 1.29 is 31.6 Å². The normalized spacial score (nSPS) is 10.6. The molecule has 20 heavy (non-hydrogen) atoms. The molecule has 6 nitrogen and oxygen atoms in total. The van der Waals surface area contributed by atoms with Gasteiger partial charge in [0, 0.05) is 6.07 Å². The van der Waals surface area contributed by atoms with Crippen molar-refractivity contribution in [3.8, 4) is 0 Å². The number of hydrogen-bond donors (Lipinski definition) is 2. The highest BCUT2D eigenvalue weighted by atomic mass is 19.2. The number of hydrogen-bond acceptors (Lipinski definition) is 3. The molecule has 0 aliphatic rings. The lowest BCUT2D eigenvalue weighted by atomic mass is 10.2. The van der Waals surface area contributed by atoms with E-state index in [9.17, 15) is 27.2 Å². The van der Waals surface area contributed by atoms with E-state index in [1.54, 1.807) is 5.32 Å². The average molecular weight is 292 g/mol. The molecule has 106 valence electrons. The molecule has 2 N–H and O–H groups in total. The first-order chi connectivity index (χ1) is 9.38. The summed E-state index contributed by atoms with van der Waals surface area (Å²) in [5.41, 5.74) is -2.04. The van der Waals surface area contributed by atoms with Gasteiger partial charge in [-0.25, -0.2) is 22.4 Å². The van der Waals surface area contributed by atoms with Crippen LogP contribution in [0.2, 0.25) is 0 Å². The molecule has 10 heteroatoms. The number of carbonyl (C=O) groups is 1. The zero-order chi connectivity index (χ0) is 14.9. The average Bonchev–Trinajstić information content (AvgIpc) is 2.77. The number of aromatic amines is 1. The van der Waals surface area contributed by atoms with E-state index in [0.717, 1.165) is 10.9 Å². The standard InChI is InChI=1S/C10H5F4N3O3/c11-4-1-5(12)9(14)10(8(4)13)15-6(18)2-17-3-7(19)20-16-17/h1,3H,2H2,(H-,15,16,18,19)/p+1. The Bertz CT molecular complexity index is 699. The summed E-state index contributed by atoms with van der Waals surface area (Å²) in [6.45, 7) is -0.581. The third kappa shape index (κ3) is 2.68. The summed E-state index contributed by atoms with van der Waals surface area (Å²) in [5.74, 6) is -7.80. The predicted octanol–water partition coefficient (Wildman–Crippen LogP) is 0.450. The number of rotatable bonds is 3. The van der Waals surface area contributed by atoms with Gasteiger partial charge in [-0.2, -0.15) is 0 Å². The molecule has 0 aliphatic heterocycles. The number of halogens is 4. The third-order valence-electron chi connectivity index (χ3n) is 2.21. The van der Waals surface area contributed by atoms with Crippen LogP contribution in [0.5, 0.6) is 0 Å². The molecule has 1 aromatic carbocycles. The Labute approximate surface area is 107 Å². The zero-order valence-corrected chi connectivity index (χ0v) is 9.55. The Morgan fingerprint density at radius 2 is 1.85 bits per heavy atom. The first-order valence-electron chi connectivity index (χ1n) is 5.09. The molecule has 1 heterocycles. The van der Waals surface area contributed by atoms with Gasteiger partial charge < -0.3 is 5.32 Å². The second kappa shape index (κ2) is 5.15. The van der Waals surface area contributed by atoms with Gasteiger partial charge in [0.25, 0.3) is 18.6 Å². The van der Waals surface area contributed by atoms with Crippen molar-refractivity contribution in [2.45, 2.75) is 6.54 Å². The van der Waals surface area contributed by atoms with Crippen LogP contribution >= 0.6 is 0 Å². The van der Waals surface area contributed by atoms with E-state index < -0.39 is 47.0 Å². The van der Waals surface area contributed by atoms with Crippen LogP contribution in [0.15, 0.2) is 21.6 Å². The summed E-state index contributed by atoms with van der Waals surface area (Å²) >= 11 is 0. The highest BCUT2D eigenvalue weighted by molar-refractivity contribution is 5.89. The molecule has 1 aromatic heterocycles. The second-order valence-electron chi connectivity index (χ2n) is 3.66. The molecule has 0 spiro atoms. The van der Waals surface area contributed by atoms with Crippen molar-refractivity contribution in [2.75, 3.05) is 5.32 Å². The minimum atomic E-state index is -1.73. The number of aromatic nitrogens is 2. The summed E-state index contributed by atoms with van der Waals surface area (Å²) in [6, 6.07) is 0.0165. The van der Waals surface area contributed by atoms with Gasteiger partial charge in [-0.15, -0.1) is 0 Å². The summed E-state index contributed by atoms with van der Waals surface area (Å²) in [4.78, 5) is 22.1. The van der Waals surface area contributed by atoms with Crippen LogP contribution in [-0.4, -0.2) is 11.2 Å². The number of anilines is 1. The van der Waals surface area contributed by atoms with Crippen LogP contribution in [0, 0.1) is 23.3 Å². The molecule has 0 atom stereocenters. The van der Waals surface area contributed by atoms with Gasteiger partial charge in [0.1, 0.15) is 5.69 Å². The van der Waals surface area contributed by atoms with Crippen LogP contribution in [0.25, 0.3) is 0 Å². The van der Waals surface area contributed by atoms with Crippen LogP contribution in [-0.2, 0) is 11.3 Å². The van der Waals surface area contributed by atoms with Crippen LogP contribution < -0.4 is 15.6 Å². The number of nitrogens with zero attached hydrogens (tertiary/aromatic N) is 1. The van der Waals surface area contributed by atoms with Crippen molar-refractivity contribution in [3.05, 3.63) is 46.0 Å². The summed E-state index contributed by atoms with van der Waals surface area (Å²) in [7, 11) is 0. The fourth-order valence-electron chi connectivity index (χ4n) is 1.38. The summed E-state index contributed by atoms with van der Waals surface area (Å²) in [6.07, 6.45) is 0.860. The van der Waals surface area contributed by atoms with Crippen LogP contribution in [0.4, 0.5) is 23.2 Å². The number of benzene rings is 1. The molecule has 0 radical (unpaired) electrons. The quantitative estimate of drug-likeness (QED) is 0.490. The molecular formula is C10H6F4N3O3+. The topological polar surface area (TPSA) is 79.0 Å². The lowest BCUT2D eigenvalue weighted by molar-refractivity contribution is -0.750. The summed E-state index contributed by atoms with van der Waals surface area (Å²) in [5, 5.41) is 3.67. The first-order valence-corrected chi connectivity index (χ1v) is 5.09. The molecule has 1 amide bonds. The second-order valence-corrected chi connectivity index (χ2v) is 3.66. The Morgan fingerprint density at radius 1 is 1.25 bits per heavy atom. The minimum Gasteiger partial charge on any atom is -0.315 e. The molecule has 0 saturated carbocycles. The maximum atomic E-state index is 13.3. The minimum absolute atomic E-state index is 0.0165. The van der Waals surface area contributed by atoms with Gasteiger partial charge in [0.2, 0.25) is 0 Å². The van der Waals surface area contributed by atoms with E-state index in [0.29, 0.717) is 0 Å². The highest BCUT2D eigenvalue weighted by Gasteiger charge is 2.22. The van der Waals surface area contributed by atoms with E-state index in [1.165, 1.54) is 0 Å². The van der Waals surface area contributed by atoms with Crippen LogP contribution in [0.1, 0.15) is 0 Å². The van der Waals surface area contributed by atoms with Gasteiger partial charge in [0.05, 0.1) is 0 Å². The van der Waals surface area contributed by atoms with Gasteiger partial charge in [-0.3, -0.25) is 9.32 Å². The fourth-order valence-corrected chi connectivity index (χ4v) is 1.38. The molecule has 0 unspecified atom stereocenters. The summed E-state index contributed by atoms with van der Waals surface area (Å²) < 4.78 is 57.4. The van der Waals surface area contributed by atoms with E-state index in [4.69, 9.17) is 0 Å². The van der Waals surface area contributed by atoms with Crippen molar-refractivity contribution >= 4 is 11.6 Å². The molecule has 2 aromatic rings. The maximum Gasteiger partial charge on any atom is 0.426 e. The Kier molecular flexibility index (Phi) is 3.55. The molecule has 0 saturated heterocycles. The van der Waals surface area contributed by atoms with Crippen molar-refractivity contribution in [1.82, 2.24) is 5.27 Å².